The second kappa shape index (κ2) is 6.70. The smallest absolute Gasteiger partial charge is 0.310 e. The number of ether oxygens (including phenoxy) is 1. The number of hydrogen-bond acceptors (Lipinski definition) is 4. The summed E-state index contributed by atoms with van der Waals surface area (Å²) in [6.07, 6.45) is 5.44. The fourth-order valence-electron chi connectivity index (χ4n) is 2.86. The molecular formula is C15H21NO4. The zero-order valence-corrected chi connectivity index (χ0v) is 11.7. The third-order valence-corrected chi connectivity index (χ3v) is 4.05. The van der Waals surface area contributed by atoms with Crippen molar-refractivity contribution in [2.24, 2.45) is 5.92 Å². The highest BCUT2D eigenvalue weighted by Crippen LogP contribution is 2.35. The van der Waals surface area contributed by atoms with Gasteiger partial charge >= 0.3 is 5.69 Å². The number of nitrogens with zero attached hydrogens (tertiary/aromatic N) is 1. The summed E-state index contributed by atoms with van der Waals surface area (Å²) in [5, 5.41) is 20.2. The van der Waals surface area contributed by atoms with Gasteiger partial charge < -0.3 is 9.84 Å². The summed E-state index contributed by atoms with van der Waals surface area (Å²) in [6, 6.07) is 4.55. The van der Waals surface area contributed by atoms with Crippen molar-refractivity contribution < 1.29 is 14.8 Å². The second-order valence-electron chi connectivity index (χ2n) is 5.33. The lowest BCUT2D eigenvalue weighted by molar-refractivity contribution is -0.386. The van der Waals surface area contributed by atoms with E-state index in [0.29, 0.717) is 11.5 Å². The lowest BCUT2D eigenvalue weighted by Gasteiger charge is -2.31. The van der Waals surface area contributed by atoms with Crippen LogP contribution in [0.4, 0.5) is 5.69 Å². The second-order valence-corrected chi connectivity index (χ2v) is 5.33. The van der Waals surface area contributed by atoms with E-state index in [0.717, 1.165) is 25.7 Å². The zero-order chi connectivity index (χ0) is 14.5. The molecule has 0 radical (unpaired) electrons. The van der Waals surface area contributed by atoms with Crippen molar-refractivity contribution in [3.8, 4) is 5.75 Å². The maximum atomic E-state index is 11.1. The molecule has 5 heteroatoms. The van der Waals surface area contributed by atoms with E-state index in [1.54, 1.807) is 12.1 Å². The molecule has 20 heavy (non-hydrogen) atoms. The van der Waals surface area contributed by atoms with Crippen LogP contribution in [0.15, 0.2) is 18.2 Å². The predicted octanol–water partition coefficient (Wildman–Crippen LogP) is 3.43. The average molecular weight is 279 g/mol. The molecule has 1 fully saturated rings. The van der Waals surface area contributed by atoms with Crippen molar-refractivity contribution in [2.45, 2.75) is 51.7 Å². The van der Waals surface area contributed by atoms with Crippen LogP contribution in [0.5, 0.6) is 5.75 Å². The Kier molecular flexibility index (Phi) is 4.95. The zero-order valence-electron chi connectivity index (χ0n) is 11.7. The predicted molar refractivity (Wildman–Crippen MR) is 75.7 cm³/mol. The van der Waals surface area contributed by atoms with Crippen molar-refractivity contribution in [2.75, 3.05) is 0 Å². The molecule has 5 nitrogen and oxygen atoms in total. The van der Waals surface area contributed by atoms with Gasteiger partial charge in [-0.3, -0.25) is 10.1 Å². The Labute approximate surface area is 118 Å². The quantitative estimate of drug-likeness (QED) is 0.662. The maximum absolute atomic E-state index is 11.1. The molecule has 1 N–H and O–H groups in total. The Balaban J connectivity index is 2.23. The average Bonchev–Trinajstić information content (AvgIpc) is 2.47. The Morgan fingerprint density at radius 2 is 2.15 bits per heavy atom. The minimum atomic E-state index is -0.430. The van der Waals surface area contributed by atoms with E-state index in [9.17, 15) is 15.2 Å². The Hall–Kier alpha value is -1.62. The van der Waals surface area contributed by atoms with E-state index in [-0.39, 0.29) is 24.1 Å². The van der Waals surface area contributed by atoms with Crippen LogP contribution < -0.4 is 4.74 Å². The minimum absolute atomic E-state index is 0.0253. The van der Waals surface area contributed by atoms with Gasteiger partial charge in [-0.05, 0) is 49.3 Å². The number of benzene rings is 1. The summed E-state index contributed by atoms with van der Waals surface area (Å²) < 4.78 is 5.94. The Morgan fingerprint density at radius 1 is 1.40 bits per heavy atom. The SMILES string of the molecule is CCC1CCCCC1Oc1cc(CO)ccc1[N+](=O)[O-]. The highest BCUT2D eigenvalue weighted by atomic mass is 16.6. The molecular weight excluding hydrogens is 258 g/mol. The van der Waals surface area contributed by atoms with Crippen molar-refractivity contribution in [3.05, 3.63) is 33.9 Å². The Bertz CT molecular complexity index is 475. The van der Waals surface area contributed by atoms with Crippen molar-refractivity contribution in [3.63, 3.8) is 0 Å². The van der Waals surface area contributed by atoms with Gasteiger partial charge in [0, 0.05) is 6.07 Å². The number of nitro benzene ring substituents is 1. The summed E-state index contributed by atoms with van der Waals surface area (Å²) in [7, 11) is 0. The standard InChI is InChI=1S/C15H21NO4/c1-2-12-5-3-4-6-14(12)20-15-9-11(10-17)7-8-13(15)16(18)19/h7-9,12,14,17H,2-6,10H2,1H3. The first-order valence-corrected chi connectivity index (χ1v) is 7.20. The fraction of sp³-hybridized carbons (Fsp3) is 0.600. The van der Waals surface area contributed by atoms with E-state index < -0.39 is 4.92 Å². The highest BCUT2D eigenvalue weighted by Gasteiger charge is 2.27. The number of aliphatic hydroxyl groups excluding tert-OH is 1. The monoisotopic (exact) mass is 279 g/mol. The summed E-state index contributed by atoms with van der Waals surface area (Å²) in [5.74, 6) is 0.744. The van der Waals surface area contributed by atoms with E-state index in [4.69, 9.17) is 4.74 Å². The molecule has 0 heterocycles. The molecule has 2 atom stereocenters. The molecule has 0 amide bonds. The van der Waals surface area contributed by atoms with Crippen LogP contribution >= 0.6 is 0 Å². The molecule has 1 aliphatic carbocycles. The lowest BCUT2D eigenvalue weighted by atomic mass is 9.85. The van der Waals surface area contributed by atoms with Crippen molar-refractivity contribution >= 4 is 5.69 Å². The molecule has 110 valence electrons. The minimum Gasteiger partial charge on any atom is -0.483 e. The van der Waals surface area contributed by atoms with E-state index in [2.05, 4.69) is 6.92 Å². The van der Waals surface area contributed by atoms with E-state index >= 15 is 0 Å². The molecule has 1 aromatic rings. The van der Waals surface area contributed by atoms with Crippen LogP contribution in [0.1, 0.15) is 44.6 Å². The first-order chi connectivity index (χ1) is 9.65. The summed E-state index contributed by atoms with van der Waals surface area (Å²) in [5.41, 5.74) is 0.608. The molecule has 0 aliphatic heterocycles. The summed E-state index contributed by atoms with van der Waals surface area (Å²) in [6.45, 7) is 1.99. The van der Waals surface area contributed by atoms with Gasteiger partial charge in [0.15, 0.2) is 5.75 Å². The summed E-state index contributed by atoms with van der Waals surface area (Å²) in [4.78, 5) is 10.6. The largest absolute Gasteiger partial charge is 0.483 e. The first kappa shape index (κ1) is 14.8. The molecule has 2 unspecified atom stereocenters. The maximum Gasteiger partial charge on any atom is 0.310 e. The molecule has 1 saturated carbocycles. The van der Waals surface area contributed by atoms with Crippen molar-refractivity contribution in [1.82, 2.24) is 0 Å². The van der Waals surface area contributed by atoms with Crippen LogP contribution in [-0.4, -0.2) is 16.1 Å². The van der Waals surface area contributed by atoms with Gasteiger partial charge in [-0.1, -0.05) is 13.3 Å². The van der Waals surface area contributed by atoms with Gasteiger partial charge in [-0.2, -0.15) is 0 Å². The van der Waals surface area contributed by atoms with Gasteiger partial charge in [0.05, 0.1) is 11.5 Å². The lowest BCUT2D eigenvalue weighted by Crippen LogP contribution is -2.30. The topological polar surface area (TPSA) is 72.6 Å². The molecule has 0 saturated heterocycles. The molecule has 0 bridgehead atoms. The number of rotatable bonds is 5. The van der Waals surface area contributed by atoms with Gasteiger partial charge in [0.2, 0.25) is 0 Å². The molecule has 0 spiro atoms. The third-order valence-electron chi connectivity index (χ3n) is 4.05. The molecule has 1 aliphatic rings. The van der Waals surface area contributed by atoms with Crippen LogP contribution in [0.2, 0.25) is 0 Å². The number of nitro groups is 1. The normalized spacial score (nSPS) is 22.5. The summed E-state index contributed by atoms with van der Waals surface area (Å²) >= 11 is 0. The van der Waals surface area contributed by atoms with Gasteiger partial charge in [-0.25, -0.2) is 0 Å². The van der Waals surface area contributed by atoms with E-state index in [1.807, 2.05) is 0 Å². The van der Waals surface area contributed by atoms with Gasteiger partial charge in [0.1, 0.15) is 6.10 Å². The van der Waals surface area contributed by atoms with Crippen LogP contribution in [-0.2, 0) is 6.61 Å². The van der Waals surface area contributed by atoms with E-state index in [1.165, 1.54) is 12.5 Å². The molecule has 1 aromatic carbocycles. The first-order valence-electron chi connectivity index (χ1n) is 7.20. The highest BCUT2D eigenvalue weighted by molar-refractivity contribution is 5.48. The number of hydrogen-bond donors (Lipinski definition) is 1. The Morgan fingerprint density at radius 3 is 2.80 bits per heavy atom. The number of aliphatic hydroxyl groups is 1. The molecule has 0 aromatic heterocycles. The van der Waals surface area contributed by atoms with Gasteiger partial charge in [0.25, 0.3) is 0 Å². The fourth-order valence-corrected chi connectivity index (χ4v) is 2.86. The van der Waals surface area contributed by atoms with Crippen LogP contribution in [0.25, 0.3) is 0 Å². The van der Waals surface area contributed by atoms with Crippen molar-refractivity contribution in [1.29, 1.82) is 0 Å². The van der Waals surface area contributed by atoms with Gasteiger partial charge in [-0.15, -0.1) is 0 Å². The van der Waals surface area contributed by atoms with Crippen LogP contribution in [0.3, 0.4) is 0 Å². The molecule has 2 rings (SSSR count). The van der Waals surface area contributed by atoms with Crippen LogP contribution in [0, 0.1) is 16.0 Å². The third kappa shape index (κ3) is 3.28.